The van der Waals surface area contributed by atoms with Crippen molar-refractivity contribution in [1.82, 2.24) is 0 Å². The molecule has 0 fully saturated rings. The van der Waals surface area contributed by atoms with Crippen molar-refractivity contribution < 1.29 is 14.3 Å². The smallest absolute Gasteiger partial charge is 0.237 e. The lowest BCUT2D eigenvalue weighted by atomic mass is 10.2. The van der Waals surface area contributed by atoms with E-state index in [9.17, 15) is 9.59 Å². The number of thioether (sulfide) groups is 1. The van der Waals surface area contributed by atoms with Crippen LogP contribution in [-0.4, -0.2) is 24.1 Å². The molecule has 1 aliphatic heterocycles. The van der Waals surface area contributed by atoms with E-state index in [4.69, 9.17) is 4.74 Å². The number of fused-ring (bicyclic) bond motifs is 1. The molecule has 0 aromatic heterocycles. The number of hydrogen-bond donors (Lipinski definition) is 1. The number of ether oxygens (including phenoxy) is 1. The molecule has 0 aliphatic carbocycles. The summed E-state index contributed by atoms with van der Waals surface area (Å²) < 4.78 is 5.77. The van der Waals surface area contributed by atoms with E-state index >= 15 is 0 Å². The lowest BCUT2D eigenvalue weighted by Gasteiger charge is -2.28. The van der Waals surface area contributed by atoms with Gasteiger partial charge in [-0.25, -0.2) is 0 Å². The quantitative estimate of drug-likeness (QED) is 0.602. The molecule has 3 aromatic carbocycles. The molecule has 0 unspecified atom stereocenters. The maximum atomic E-state index is 12.4. The fraction of sp³-hybridized carbons (Fsp3) is 0.167. The molecular weight excluding hydrogens is 396 g/mol. The number of para-hydroxylation sites is 1. The Balaban J connectivity index is 1.29. The van der Waals surface area contributed by atoms with Gasteiger partial charge in [0.1, 0.15) is 12.4 Å². The summed E-state index contributed by atoms with van der Waals surface area (Å²) in [7, 11) is 0. The molecule has 2 amide bonds. The van der Waals surface area contributed by atoms with Gasteiger partial charge in [-0.05, 0) is 42.0 Å². The van der Waals surface area contributed by atoms with Crippen LogP contribution in [-0.2, 0) is 16.2 Å². The summed E-state index contributed by atoms with van der Waals surface area (Å²) in [4.78, 5) is 27.4. The summed E-state index contributed by atoms with van der Waals surface area (Å²) in [6.45, 7) is 0.858. The SMILES string of the molecule is O=C(CCN1C(=O)CSc2ccccc21)Nc1ccc(OCc2ccccc2)cc1. The summed E-state index contributed by atoms with van der Waals surface area (Å²) in [5.41, 5.74) is 2.68. The zero-order valence-corrected chi connectivity index (χ0v) is 17.2. The molecule has 1 N–H and O–H groups in total. The zero-order valence-electron chi connectivity index (χ0n) is 16.4. The van der Waals surface area contributed by atoms with Crippen molar-refractivity contribution in [2.75, 3.05) is 22.5 Å². The second kappa shape index (κ2) is 9.50. The number of nitrogens with zero attached hydrogens (tertiary/aromatic N) is 1. The van der Waals surface area contributed by atoms with Crippen molar-refractivity contribution in [3.8, 4) is 5.75 Å². The van der Waals surface area contributed by atoms with Gasteiger partial charge >= 0.3 is 0 Å². The van der Waals surface area contributed by atoms with E-state index < -0.39 is 0 Å². The second-order valence-electron chi connectivity index (χ2n) is 6.90. The summed E-state index contributed by atoms with van der Waals surface area (Å²) in [5, 5.41) is 2.88. The Kier molecular flexibility index (Phi) is 6.35. The van der Waals surface area contributed by atoms with Crippen molar-refractivity contribution in [2.24, 2.45) is 0 Å². The molecule has 0 radical (unpaired) electrons. The topological polar surface area (TPSA) is 58.6 Å². The molecule has 30 heavy (non-hydrogen) atoms. The van der Waals surface area contributed by atoms with Crippen LogP contribution >= 0.6 is 11.8 Å². The van der Waals surface area contributed by atoms with Crippen LogP contribution in [0.1, 0.15) is 12.0 Å². The average Bonchev–Trinajstić information content (AvgIpc) is 2.78. The van der Waals surface area contributed by atoms with E-state index in [1.807, 2.05) is 78.9 Å². The lowest BCUT2D eigenvalue weighted by Crippen LogP contribution is -2.37. The first-order chi connectivity index (χ1) is 14.7. The maximum Gasteiger partial charge on any atom is 0.237 e. The first kappa shape index (κ1) is 20.0. The van der Waals surface area contributed by atoms with E-state index in [1.165, 1.54) is 11.8 Å². The molecule has 0 saturated heterocycles. The summed E-state index contributed by atoms with van der Waals surface area (Å²) in [5.74, 6) is 1.05. The average molecular weight is 419 g/mol. The van der Waals surface area contributed by atoms with Crippen LogP contribution in [0.5, 0.6) is 5.75 Å². The summed E-state index contributed by atoms with van der Waals surface area (Å²) in [6.07, 6.45) is 0.233. The standard InChI is InChI=1S/C24H22N2O3S/c27-23(14-15-26-21-8-4-5-9-22(21)30-17-24(26)28)25-19-10-12-20(13-11-19)29-16-18-6-2-1-3-7-18/h1-13H,14-17H2,(H,25,27). The Hall–Kier alpha value is -3.25. The van der Waals surface area contributed by atoms with Gasteiger partial charge in [0.05, 0.1) is 11.4 Å². The van der Waals surface area contributed by atoms with Gasteiger partial charge in [-0.2, -0.15) is 0 Å². The number of amides is 2. The van der Waals surface area contributed by atoms with Crippen LogP contribution in [0.2, 0.25) is 0 Å². The van der Waals surface area contributed by atoms with Gasteiger partial charge in [-0.3, -0.25) is 9.59 Å². The molecule has 1 heterocycles. The molecule has 3 aromatic rings. The Morgan fingerprint density at radius 2 is 1.70 bits per heavy atom. The number of rotatable bonds is 7. The fourth-order valence-corrected chi connectivity index (χ4v) is 4.15. The first-order valence-electron chi connectivity index (χ1n) is 9.78. The van der Waals surface area contributed by atoms with Crippen molar-refractivity contribution >= 4 is 35.0 Å². The summed E-state index contributed by atoms with van der Waals surface area (Å²) >= 11 is 1.54. The van der Waals surface area contributed by atoms with E-state index in [1.54, 1.807) is 4.90 Å². The normalized spacial score (nSPS) is 12.9. The van der Waals surface area contributed by atoms with Gasteiger partial charge in [-0.1, -0.05) is 42.5 Å². The molecule has 0 bridgehead atoms. The Bertz CT molecular complexity index is 1020. The minimum atomic E-state index is -0.128. The van der Waals surface area contributed by atoms with Crippen molar-refractivity contribution in [1.29, 1.82) is 0 Å². The molecular formula is C24H22N2O3S. The van der Waals surface area contributed by atoms with Crippen LogP contribution in [0, 0.1) is 0 Å². The third kappa shape index (κ3) is 5.02. The molecule has 6 heteroatoms. The molecule has 1 aliphatic rings. The second-order valence-corrected chi connectivity index (χ2v) is 7.92. The number of hydrogen-bond acceptors (Lipinski definition) is 4. The number of nitrogens with one attached hydrogen (secondary N) is 1. The van der Waals surface area contributed by atoms with Gasteiger partial charge < -0.3 is 15.0 Å². The molecule has 0 atom stereocenters. The van der Waals surface area contributed by atoms with Crippen LogP contribution in [0.15, 0.2) is 83.8 Å². The Morgan fingerprint density at radius 3 is 2.50 bits per heavy atom. The van der Waals surface area contributed by atoms with E-state index in [-0.39, 0.29) is 18.2 Å². The van der Waals surface area contributed by atoms with Crippen molar-refractivity contribution in [2.45, 2.75) is 17.9 Å². The molecule has 5 nitrogen and oxygen atoms in total. The largest absolute Gasteiger partial charge is 0.489 e. The van der Waals surface area contributed by atoms with Gasteiger partial charge in [0.2, 0.25) is 11.8 Å². The van der Waals surface area contributed by atoms with Crippen molar-refractivity contribution in [3.63, 3.8) is 0 Å². The van der Waals surface area contributed by atoms with Crippen LogP contribution in [0.4, 0.5) is 11.4 Å². The predicted molar refractivity (Wildman–Crippen MR) is 120 cm³/mol. The Morgan fingerprint density at radius 1 is 0.967 bits per heavy atom. The number of anilines is 2. The molecule has 0 saturated carbocycles. The third-order valence-electron chi connectivity index (χ3n) is 4.76. The van der Waals surface area contributed by atoms with Crippen LogP contribution in [0.25, 0.3) is 0 Å². The first-order valence-corrected chi connectivity index (χ1v) is 10.8. The highest BCUT2D eigenvalue weighted by Crippen LogP contribution is 2.34. The number of benzene rings is 3. The van der Waals surface area contributed by atoms with Gasteiger partial charge in [0, 0.05) is 23.5 Å². The van der Waals surface area contributed by atoms with Gasteiger partial charge in [-0.15, -0.1) is 11.8 Å². The van der Waals surface area contributed by atoms with Crippen LogP contribution in [0.3, 0.4) is 0 Å². The Labute approximate surface area is 180 Å². The van der Waals surface area contributed by atoms with E-state index in [0.717, 1.165) is 21.9 Å². The third-order valence-corrected chi connectivity index (χ3v) is 5.80. The van der Waals surface area contributed by atoms with Gasteiger partial charge in [0.25, 0.3) is 0 Å². The summed E-state index contributed by atoms with van der Waals surface area (Å²) in [6, 6.07) is 25.0. The molecule has 152 valence electrons. The van der Waals surface area contributed by atoms with Crippen molar-refractivity contribution in [3.05, 3.63) is 84.4 Å². The highest BCUT2D eigenvalue weighted by Gasteiger charge is 2.24. The van der Waals surface area contributed by atoms with Crippen LogP contribution < -0.4 is 15.0 Å². The predicted octanol–water partition coefficient (Wildman–Crippen LogP) is 4.73. The maximum absolute atomic E-state index is 12.4. The number of carbonyl (C=O) groups excluding carboxylic acids is 2. The zero-order chi connectivity index (χ0) is 20.8. The highest BCUT2D eigenvalue weighted by molar-refractivity contribution is 8.00. The fourth-order valence-electron chi connectivity index (χ4n) is 3.21. The van der Waals surface area contributed by atoms with Gasteiger partial charge in [0.15, 0.2) is 0 Å². The lowest BCUT2D eigenvalue weighted by molar-refractivity contribution is -0.117. The minimum Gasteiger partial charge on any atom is -0.489 e. The number of carbonyl (C=O) groups is 2. The molecule has 4 rings (SSSR count). The van der Waals surface area contributed by atoms with E-state index in [2.05, 4.69) is 5.32 Å². The van der Waals surface area contributed by atoms with E-state index in [0.29, 0.717) is 24.6 Å². The monoisotopic (exact) mass is 418 g/mol. The minimum absolute atomic E-state index is 0.0337. The highest BCUT2D eigenvalue weighted by atomic mass is 32.2. The molecule has 0 spiro atoms.